The van der Waals surface area contributed by atoms with Crippen molar-refractivity contribution in [2.75, 3.05) is 20.3 Å². The van der Waals surface area contributed by atoms with Crippen LogP contribution in [0.2, 0.25) is 0 Å². The summed E-state index contributed by atoms with van der Waals surface area (Å²) in [5, 5.41) is 0. The molecule has 0 bridgehead atoms. The van der Waals surface area contributed by atoms with E-state index in [-0.39, 0.29) is 6.61 Å². The summed E-state index contributed by atoms with van der Waals surface area (Å²) in [5.41, 5.74) is 0.625. The first-order valence-corrected chi connectivity index (χ1v) is 5.18. The first kappa shape index (κ1) is 13.2. The van der Waals surface area contributed by atoms with E-state index in [0.717, 1.165) is 0 Å². The molecule has 80 valence electrons. The lowest BCUT2D eigenvalue weighted by Gasteiger charge is -1.94. The third-order valence-electron chi connectivity index (χ3n) is 1.20. The van der Waals surface area contributed by atoms with Crippen LogP contribution in [0.1, 0.15) is 13.8 Å². The molecule has 0 N–H and O–H groups in total. The van der Waals surface area contributed by atoms with Gasteiger partial charge < -0.3 is 4.74 Å². The minimum Gasteiger partial charge on any atom is -0.466 e. The molecule has 0 amide bonds. The fourth-order valence-electron chi connectivity index (χ4n) is 0.599. The van der Waals surface area contributed by atoms with Gasteiger partial charge in [-0.25, -0.2) is 4.79 Å². The smallest absolute Gasteiger partial charge is 0.466 e. The number of carbonyl (C=O) groups is 1. The number of carbonyl (C=O) groups excluding carboxylic acids is 1. The molecule has 0 aliphatic heterocycles. The summed E-state index contributed by atoms with van der Waals surface area (Å²) >= 11 is 0. The van der Waals surface area contributed by atoms with Gasteiger partial charge in [-0.2, -0.15) is 0 Å². The maximum absolute atomic E-state index is 10.9. The summed E-state index contributed by atoms with van der Waals surface area (Å²) in [5.74, 6) is -0.460. The monoisotopic (exact) mass is 221 g/mol. The normalized spacial score (nSPS) is 12.5. The van der Waals surface area contributed by atoms with Gasteiger partial charge in [0.05, 0.1) is 7.11 Å². The van der Waals surface area contributed by atoms with Crippen molar-refractivity contribution in [1.82, 2.24) is 0 Å². The van der Waals surface area contributed by atoms with Crippen LogP contribution < -0.4 is 0 Å². The molecular weight excluding hydrogens is 207 g/mol. The van der Waals surface area contributed by atoms with Gasteiger partial charge >= 0.3 is 14.2 Å². The molecule has 0 rings (SSSR count). The van der Waals surface area contributed by atoms with Crippen LogP contribution in [0.15, 0.2) is 11.6 Å². The van der Waals surface area contributed by atoms with E-state index in [0.29, 0.717) is 12.2 Å². The molecule has 0 fully saturated rings. The van der Waals surface area contributed by atoms with E-state index in [1.807, 2.05) is 0 Å². The lowest BCUT2D eigenvalue weighted by atomic mass is 10.3. The van der Waals surface area contributed by atoms with Gasteiger partial charge in [-0.3, -0.25) is 0 Å². The summed E-state index contributed by atoms with van der Waals surface area (Å²) < 4.78 is 24.7. The first-order chi connectivity index (χ1) is 6.60. The van der Waals surface area contributed by atoms with Crippen LogP contribution in [0.5, 0.6) is 0 Å². The predicted octanol–water partition coefficient (Wildman–Crippen LogP) is 1.82. The quantitative estimate of drug-likeness (QED) is 0.389. The molecule has 0 aliphatic rings. The van der Waals surface area contributed by atoms with Gasteiger partial charge in [0, 0.05) is 10.6 Å². The molecule has 5 nitrogen and oxygen atoms in total. The molecule has 1 atom stereocenters. The first-order valence-electron chi connectivity index (χ1n) is 4.08. The van der Waals surface area contributed by atoms with Crippen LogP contribution >= 0.6 is 8.25 Å². The van der Waals surface area contributed by atoms with Crippen LogP contribution in [0.4, 0.5) is 0 Å². The zero-order valence-corrected chi connectivity index (χ0v) is 9.37. The molecule has 0 saturated heterocycles. The van der Waals surface area contributed by atoms with Crippen molar-refractivity contribution in [3.63, 3.8) is 0 Å². The molecule has 0 heterocycles. The van der Waals surface area contributed by atoms with Crippen molar-refractivity contribution < 1.29 is 23.1 Å². The maximum atomic E-state index is 10.9. The Morgan fingerprint density at radius 2 is 2.07 bits per heavy atom. The highest BCUT2D eigenvalue weighted by Crippen LogP contribution is 2.23. The van der Waals surface area contributed by atoms with Crippen LogP contribution in [0.25, 0.3) is 0 Å². The number of esters is 1. The molecule has 1 unspecified atom stereocenters. The Hall–Kier alpha value is -0.770. The molecule has 0 saturated carbocycles. The molecule has 0 spiro atoms. The zero-order chi connectivity index (χ0) is 11.0. The van der Waals surface area contributed by atoms with Crippen molar-refractivity contribution in [3.8, 4) is 0 Å². The van der Waals surface area contributed by atoms with Crippen LogP contribution in [0.3, 0.4) is 0 Å². The largest absolute Gasteiger partial charge is 0.697 e. The van der Waals surface area contributed by atoms with Crippen LogP contribution in [-0.2, 0) is 23.1 Å². The minimum absolute atomic E-state index is 0.0876. The summed E-state index contributed by atoms with van der Waals surface area (Å²) in [6.45, 7) is 3.80. The van der Waals surface area contributed by atoms with Crippen molar-refractivity contribution in [2.45, 2.75) is 13.8 Å². The number of rotatable bonds is 6. The van der Waals surface area contributed by atoms with Gasteiger partial charge in [-0.05, 0) is 19.4 Å². The highest BCUT2D eigenvalue weighted by molar-refractivity contribution is 7.33. The highest BCUT2D eigenvalue weighted by Gasteiger charge is 2.18. The molecule has 0 aromatic rings. The van der Waals surface area contributed by atoms with E-state index in [4.69, 9.17) is 4.52 Å². The maximum Gasteiger partial charge on any atom is 0.697 e. The van der Waals surface area contributed by atoms with Crippen molar-refractivity contribution in [2.24, 2.45) is 0 Å². The Kier molecular flexibility index (Phi) is 7.20. The van der Waals surface area contributed by atoms with E-state index in [1.165, 1.54) is 13.2 Å². The van der Waals surface area contributed by atoms with Crippen molar-refractivity contribution in [1.29, 1.82) is 0 Å². The van der Waals surface area contributed by atoms with Crippen molar-refractivity contribution >= 4 is 14.2 Å². The summed E-state index contributed by atoms with van der Waals surface area (Å²) in [4.78, 5) is 10.7. The molecule has 0 aliphatic carbocycles. The molecule has 0 aromatic carbocycles. The minimum atomic E-state index is -2.09. The highest BCUT2D eigenvalue weighted by atomic mass is 31.1. The molecule has 0 radical (unpaired) electrons. The zero-order valence-electron chi connectivity index (χ0n) is 8.48. The molecule has 0 aromatic heterocycles. The third kappa shape index (κ3) is 6.71. The number of hydrogen-bond acceptors (Lipinski definition) is 5. The predicted molar refractivity (Wildman–Crippen MR) is 51.0 cm³/mol. The average Bonchev–Trinajstić information content (AvgIpc) is 2.15. The average molecular weight is 221 g/mol. The number of methoxy groups -OCH3 is 1. The van der Waals surface area contributed by atoms with Gasteiger partial charge in [0.25, 0.3) is 0 Å². The Morgan fingerprint density at radius 1 is 1.43 bits per heavy atom. The molecular formula is C8H14O5P+. The standard InChI is InChI=1S/C8H14O5P/c1-4-12-14(10)13-6-7(2)5-8(9)11-3/h5H,4,6H2,1-3H3/q+1. The number of hydrogen-bond donors (Lipinski definition) is 0. The Labute approximate surface area is 84.0 Å². The van der Waals surface area contributed by atoms with E-state index in [9.17, 15) is 9.36 Å². The Morgan fingerprint density at radius 3 is 2.57 bits per heavy atom. The summed E-state index contributed by atoms with van der Waals surface area (Å²) in [6, 6.07) is 0. The molecule has 14 heavy (non-hydrogen) atoms. The fraction of sp³-hybridized carbons (Fsp3) is 0.625. The van der Waals surface area contributed by atoms with E-state index in [1.54, 1.807) is 13.8 Å². The van der Waals surface area contributed by atoms with E-state index < -0.39 is 14.2 Å². The Balaban J connectivity index is 3.83. The summed E-state index contributed by atoms with van der Waals surface area (Å²) in [6.07, 6.45) is 1.27. The third-order valence-corrected chi connectivity index (χ3v) is 2.01. The number of ether oxygens (including phenoxy) is 1. The topological polar surface area (TPSA) is 61.8 Å². The Bertz CT molecular complexity index is 236. The van der Waals surface area contributed by atoms with Crippen molar-refractivity contribution in [3.05, 3.63) is 11.6 Å². The fourth-order valence-corrected chi connectivity index (χ4v) is 1.19. The van der Waals surface area contributed by atoms with Gasteiger partial charge in [-0.15, -0.1) is 9.05 Å². The van der Waals surface area contributed by atoms with Gasteiger partial charge in [0.2, 0.25) is 0 Å². The molecule has 6 heteroatoms. The lowest BCUT2D eigenvalue weighted by Crippen LogP contribution is -1.99. The lowest BCUT2D eigenvalue weighted by molar-refractivity contribution is -0.134. The van der Waals surface area contributed by atoms with Gasteiger partial charge in [0.15, 0.2) is 0 Å². The second-order valence-corrected chi connectivity index (χ2v) is 3.39. The second-order valence-electron chi connectivity index (χ2n) is 2.43. The van der Waals surface area contributed by atoms with Crippen LogP contribution in [-0.4, -0.2) is 26.3 Å². The van der Waals surface area contributed by atoms with E-state index >= 15 is 0 Å². The second kappa shape index (κ2) is 7.62. The van der Waals surface area contributed by atoms with Crippen LogP contribution in [0, 0.1) is 0 Å². The summed E-state index contributed by atoms with van der Waals surface area (Å²) in [7, 11) is -0.800. The van der Waals surface area contributed by atoms with Gasteiger partial charge in [-0.1, -0.05) is 0 Å². The van der Waals surface area contributed by atoms with E-state index in [2.05, 4.69) is 9.26 Å². The SMILES string of the molecule is CCO[P+](=O)OCC(C)=CC(=O)OC. The van der Waals surface area contributed by atoms with Gasteiger partial charge in [0.1, 0.15) is 13.2 Å².